The Kier molecular flexibility index (Phi) is 5.67. The van der Waals surface area contributed by atoms with Crippen molar-refractivity contribution in [3.63, 3.8) is 0 Å². The van der Waals surface area contributed by atoms with Crippen LogP contribution >= 0.6 is 0 Å². The van der Waals surface area contributed by atoms with E-state index < -0.39 is 16.4 Å². The number of rotatable bonds is 7. The highest BCUT2D eigenvalue weighted by Crippen LogP contribution is 2.27. The van der Waals surface area contributed by atoms with E-state index in [0.29, 0.717) is 6.61 Å². The third kappa shape index (κ3) is 5.29. The second-order valence-electron chi connectivity index (χ2n) is 8.23. The molecule has 0 aliphatic carbocycles. The van der Waals surface area contributed by atoms with Gasteiger partial charge in [-0.1, -0.05) is 24.9 Å². The van der Waals surface area contributed by atoms with E-state index in [1.807, 2.05) is 12.1 Å². The molecule has 0 amide bonds. The topological polar surface area (TPSA) is 49.2 Å². The number of nitrogens with zero attached hydrogens (tertiary/aromatic N) is 3. The van der Waals surface area contributed by atoms with Crippen molar-refractivity contribution in [2.75, 3.05) is 7.11 Å². The van der Waals surface area contributed by atoms with Crippen molar-refractivity contribution in [2.24, 2.45) is 0 Å². The van der Waals surface area contributed by atoms with Crippen LogP contribution in [0.3, 0.4) is 0 Å². The SMILES string of the molecule is COc1ccc(-c2c(CO[Si](C)(C)C)nnn2C[Si](C)(C)C)cc1. The third-order valence-electron chi connectivity index (χ3n) is 3.43. The molecule has 0 unspecified atom stereocenters. The van der Waals surface area contributed by atoms with E-state index in [2.05, 4.69) is 66.4 Å². The van der Waals surface area contributed by atoms with Crippen LogP contribution in [0.5, 0.6) is 5.75 Å². The summed E-state index contributed by atoms with van der Waals surface area (Å²) in [4.78, 5) is 0. The minimum Gasteiger partial charge on any atom is -0.497 e. The van der Waals surface area contributed by atoms with E-state index in [0.717, 1.165) is 28.9 Å². The Hall–Kier alpha value is -1.45. The van der Waals surface area contributed by atoms with Crippen LogP contribution in [0.4, 0.5) is 0 Å². The van der Waals surface area contributed by atoms with Crippen LogP contribution in [0.2, 0.25) is 39.3 Å². The predicted octanol–water partition coefficient (Wildman–Crippen LogP) is 4.18. The largest absolute Gasteiger partial charge is 0.497 e. The Morgan fingerprint density at radius 1 is 1.00 bits per heavy atom. The number of benzene rings is 1. The Morgan fingerprint density at radius 3 is 2.12 bits per heavy atom. The van der Waals surface area contributed by atoms with E-state index in [9.17, 15) is 0 Å². The highest BCUT2D eigenvalue weighted by molar-refractivity contribution is 6.75. The zero-order chi connectivity index (χ0) is 18.0. The highest BCUT2D eigenvalue weighted by Gasteiger charge is 2.23. The summed E-state index contributed by atoms with van der Waals surface area (Å²) in [5.41, 5.74) is 3.09. The van der Waals surface area contributed by atoms with Crippen molar-refractivity contribution >= 4 is 16.4 Å². The molecule has 2 aromatic rings. The molecule has 0 saturated heterocycles. The number of ether oxygens (including phenoxy) is 1. The fourth-order valence-corrected chi connectivity index (χ4v) is 4.05. The minimum atomic E-state index is -1.60. The molecule has 0 atom stereocenters. The van der Waals surface area contributed by atoms with Crippen LogP contribution in [0, 0.1) is 0 Å². The third-order valence-corrected chi connectivity index (χ3v) is 5.69. The van der Waals surface area contributed by atoms with E-state index in [-0.39, 0.29) is 0 Å². The fourth-order valence-electron chi connectivity index (χ4n) is 2.36. The van der Waals surface area contributed by atoms with Gasteiger partial charge in [-0.05, 0) is 43.9 Å². The molecule has 0 fully saturated rings. The van der Waals surface area contributed by atoms with Gasteiger partial charge in [-0.3, -0.25) is 0 Å². The molecule has 1 aromatic carbocycles. The minimum absolute atomic E-state index is 0.517. The van der Waals surface area contributed by atoms with Crippen LogP contribution in [-0.2, 0) is 17.2 Å². The molecule has 0 radical (unpaired) electrons. The van der Waals surface area contributed by atoms with Gasteiger partial charge in [-0.25, -0.2) is 4.68 Å². The zero-order valence-corrected chi connectivity index (χ0v) is 17.9. The molecule has 0 saturated carbocycles. The maximum Gasteiger partial charge on any atom is 0.184 e. The number of methoxy groups -OCH3 is 1. The molecule has 7 heteroatoms. The van der Waals surface area contributed by atoms with Gasteiger partial charge in [0, 0.05) is 11.7 Å². The Balaban J connectivity index is 2.40. The van der Waals surface area contributed by atoms with Crippen LogP contribution in [-0.4, -0.2) is 38.5 Å². The van der Waals surface area contributed by atoms with Gasteiger partial charge in [0.15, 0.2) is 8.32 Å². The van der Waals surface area contributed by atoms with Crippen molar-refractivity contribution in [3.8, 4) is 17.0 Å². The lowest BCUT2D eigenvalue weighted by Crippen LogP contribution is -2.29. The van der Waals surface area contributed by atoms with Gasteiger partial charge >= 0.3 is 0 Å². The molecule has 0 N–H and O–H groups in total. The number of hydrogen-bond acceptors (Lipinski definition) is 4. The first-order valence-electron chi connectivity index (χ1n) is 8.30. The summed E-state index contributed by atoms with van der Waals surface area (Å²) in [5, 5.41) is 8.85. The molecule has 132 valence electrons. The summed E-state index contributed by atoms with van der Waals surface area (Å²) in [6.07, 6.45) is 0.939. The highest BCUT2D eigenvalue weighted by atomic mass is 28.4. The Labute approximate surface area is 147 Å². The van der Waals surface area contributed by atoms with Crippen molar-refractivity contribution in [1.29, 1.82) is 0 Å². The second kappa shape index (κ2) is 7.20. The summed E-state index contributed by atoms with van der Waals surface area (Å²) in [5.74, 6) is 0.850. The quantitative estimate of drug-likeness (QED) is 0.692. The molecule has 0 aliphatic rings. The number of hydrogen-bond donors (Lipinski definition) is 0. The van der Waals surface area contributed by atoms with Crippen molar-refractivity contribution in [1.82, 2.24) is 15.0 Å². The smallest absolute Gasteiger partial charge is 0.184 e. The average Bonchev–Trinajstić information content (AvgIpc) is 2.85. The van der Waals surface area contributed by atoms with Gasteiger partial charge in [0.05, 0.1) is 27.5 Å². The fraction of sp³-hybridized carbons (Fsp3) is 0.529. The molecular weight excluding hydrogens is 334 g/mol. The molecule has 0 spiro atoms. The van der Waals surface area contributed by atoms with E-state index >= 15 is 0 Å². The van der Waals surface area contributed by atoms with E-state index in [1.54, 1.807) is 7.11 Å². The van der Waals surface area contributed by atoms with Gasteiger partial charge in [0.1, 0.15) is 11.4 Å². The monoisotopic (exact) mass is 363 g/mol. The molecular formula is C17H29N3O2Si2. The standard InChI is InChI=1S/C17H29N3O2Si2/c1-21-15-10-8-14(9-11-15)17-16(12-22-24(5,6)7)18-19-20(17)13-23(2,3)4/h8-11H,12-13H2,1-7H3. The van der Waals surface area contributed by atoms with E-state index in [1.165, 1.54) is 0 Å². The Bertz CT molecular complexity index is 671. The normalized spacial score (nSPS) is 12.5. The second-order valence-corrected chi connectivity index (χ2v) is 18.2. The lowest BCUT2D eigenvalue weighted by Gasteiger charge is -2.19. The van der Waals surface area contributed by atoms with Crippen molar-refractivity contribution in [3.05, 3.63) is 30.0 Å². The van der Waals surface area contributed by atoms with Gasteiger partial charge in [-0.2, -0.15) is 0 Å². The van der Waals surface area contributed by atoms with Crippen LogP contribution in [0.25, 0.3) is 11.3 Å². The Morgan fingerprint density at radius 2 is 1.62 bits per heavy atom. The summed E-state index contributed by atoms with van der Waals surface area (Å²) in [6, 6.07) is 8.08. The molecule has 0 bridgehead atoms. The molecule has 2 rings (SSSR count). The lowest BCUT2D eigenvalue weighted by atomic mass is 10.1. The maximum atomic E-state index is 6.08. The first kappa shape index (κ1) is 18.9. The van der Waals surface area contributed by atoms with Crippen molar-refractivity contribution < 1.29 is 9.16 Å². The van der Waals surface area contributed by atoms with Crippen LogP contribution in [0.1, 0.15) is 5.69 Å². The van der Waals surface area contributed by atoms with Gasteiger partial charge in [0.2, 0.25) is 0 Å². The molecule has 24 heavy (non-hydrogen) atoms. The summed E-state index contributed by atoms with van der Waals surface area (Å²) in [7, 11) is -1.25. The summed E-state index contributed by atoms with van der Waals surface area (Å²) >= 11 is 0. The zero-order valence-electron chi connectivity index (χ0n) is 15.9. The van der Waals surface area contributed by atoms with Gasteiger partial charge in [-0.15, -0.1) is 5.10 Å². The van der Waals surface area contributed by atoms with Gasteiger partial charge in [0.25, 0.3) is 0 Å². The first-order chi connectivity index (χ1) is 11.1. The van der Waals surface area contributed by atoms with E-state index in [4.69, 9.17) is 9.16 Å². The average molecular weight is 364 g/mol. The van der Waals surface area contributed by atoms with Crippen LogP contribution < -0.4 is 4.74 Å². The molecule has 5 nitrogen and oxygen atoms in total. The van der Waals surface area contributed by atoms with Crippen LogP contribution in [0.15, 0.2) is 24.3 Å². The first-order valence-corrected chi connectivity index (χ1v) is 15.4. The summed E-state index contributed by atoms with van der Waals surface area (Å²) < 4.78 is 13.4. The molecule has 1 aromatic heterocycles. The maximum absolute atomic E-state index is 6.08. The number of aromatic nitrogens is 3. The predicted molar refractivity (Wildman–Crippen MR) is 103 cm³/mol. The molecule has 1 heterocycles. The van der Waals surface area contributed by atoms with Crippen molar-refractivity contribution in [2.45, 2.75) is 52.1 Å². The van der Waals surface area contributed by atoms with Gasteiger partial charge < -0.3 is 9.16 Å². The lowest BCUT2D eigenvalue weighted by molar-refractivity contribution is 0.295. The summed E-state index contributed by atoms with van der Waals surface area (Å²) in [6.45, 7) is 14.1. The molecule has 0 aliphatic heterocycles.